The molecule has 0 amide bonds. The van der Waals surface area contributed by atoms with Crippen molar-refractivity contribution in [2.75, 3.05) is 0 Å². The highest BCUT2D eigenvalue weighted by atomic mass is 15.2. The van der Waals surface area contributed by atoms with E-state index in [0.717, 1.165) is 25.7 Å². The van der Waals surface area contributed by atoms with Gasteiger partial charge in [0.1, 0.15) is 0 Å². The van der Waals surface area contributed by atoms with Crippen molar-refractivity contribution in [3.05, 3.63) is 77.7 Å². The summed E-state index contributed by atoms with van der Waals surface area (Å²) in [6.45, 7) is 13.0. The van der Waals surface area contributed by atoms with Gasteiger partial charge in [-0.05, 0) is 67.7 Å². The largest absolute Gasteiger partial charge is 0.365 e. The standard InChI is InChI=1S/C26H33N3/c1-5-7-8-20(6-2)21-9-13-25(18(3)15-21)19(4)29(23-10-11-23)24-12-14-26-22(16-24)17-27-28-26/h6,8-9,13,15,17,23-24H,2,4-5,7,10-12,14,16H2,1,3H3,(H,27,28)/b20-8+. The maximum atomic E-state index is 4.58. The number of H-pyrrole nitrogens is 1. The Kier molecular flexibility index (Phi) is 5.75. The van der Waals surface area contributed by atoms with Crippen LogP contribution in [-0.2, 0) is 12.8 Å². The SMILES string of the molecule is C=C/C(=C\CCC)c1ccc(C(=C)N(C2CC2)C2CCc3[nH]ncc3C2)c(C)c1. The van der Waals surface area contributed by atoms with E-state index in [1.54, 1.807) is 0 Å². The number of nitrogens with one attached hydrogen (secondary N) is 1. The molecule has 1 heterocycles. The Balaban J connectivity index is 1.58. The molecule has 2 aliphatic carbocycles. The minimum atomic E-state index is 0.521. The topological polar surface area (TPSA) is 31.9 Å². The summed E-state index contributed by atoms with van der Waals surface area (Å²) in [4.78, 5) is 2.62. The van der Waals surface area contributed by atoms with Gasteiger partial charge in [-0.25, -0.2) is 0 Å². The molecule has 2 aliphatic rings. The zero-order valence-electron chi connectivity index (χ0n) is 17.9. The Bertz CT molecular complexity index is 929. The molecule has 0 aliphatic heterocycles. The number of unbranched alkanes of at least 4 members (excludes halogenated alkanes) is 1. The van der Waals surface area contributed by atoms with Crippen molar-refractivity contribution in [2.45, 2.75) is 70.9 Å². The molecule has 2 aromatic rings. The molecule has 1 aromatic carbocycles. The lowest BCUT2D eigenvalue weighted by Gasteiger charge is -2.38. The highest BCUT2D eigenvalue weighted by molar-refractivity contribution is 5.76. The smallest absolute Gasteiger partial charge is 0.0522 e. The first-order chi connectivity index (χ1) is 14.1. The summed E-state index contributed by atoms with van der Waals surface area (Å²) in [5.41, 5.74) is 8.93. The van der Waals surface area contributed by atoms with E-state index >= 15 is 0 Å². The van der Waals surface area contributed by atoms with Crippen LogP contribution >= 0.6 is 0 Å². The summed E-state index contributed by atoms with van der Waals surface area (Å²) < 4.78 is 0. The Labute approximate surface area is 175 Å². The van der Waals surface area contributed by atoms with Crippen LogP contribution < -0.4 is 0 Å². The number of hydrogen-bond donors (Lipinski definition) is 1. The predicted molar refractivity (Wildman–Crippen MR) is 123 cm³/mol. The van der Waals surface area contributed by atoms with Gasteiger partial charge in [0.15, 0.2) is 0 Å². The van der Waals surface area contributed by atoms with Crippen LogP contribution in [0.2, 0.25) is 0 Å². The van der Waals surface area contributed by atoms with Gasteiger partial charge >= 0.3 is 0 Å². The van der Waals surface area contributed by atoms with Crippen molar-refractivity contribution in [1.29, 1.82) is 0 Å². The molecular formula is C26H33N3. The van der Waals surface area contributed by atoms with E-state index in [1.807, 2.05) is 12.3 Å². The first kappa shape index (κ1) is 19.8. The third-order valence-corrected chi connectivity index (χ3v) is 6.38. The predicted octanol–water partition coefficient (Wildman–Crippen LogP) is 6.08. The average molecular weight is 388 g/mol. The van der Waals surface area contributed by atoms with Crippen LogP contribution in [0.3, 0.4) is 0 Å². The van der Waals surface area contributed by atoms with Gasteiger partial charge in [0.05, 0.1) is 6.20 Å². The van der Waals surface area contributed by atoms with E-state index in [2.05, 4.69) is 66.4 Å². The number of hydrogen-bond acceptors (Lipinski definition) is 2. The van der Waals surface area contributed by atoms with Crippen LogP contribution in [0.25, 0.3) is 11.3 Å². The maximum Gasteiger partial charge on any atom is 0.0522 e. The average Bonchev–Trinajstić information content (AvgIpc) is 3.44. The highest BCUT2D eigenvalue weighted by Crippen LogP contribution is 2.39. The Morgan fingerprint density at radius 1 is 1.28 bits per heavy atom. The minimum absolute atomic E-state index is 0.521. The van der Waals surface area contributed by atoms with Gasteiger partial charge in [-0.1, -0.05) is 56.9 Å². The summed E-state index contributed by atoms with van der Waals surface area (Å²) in [5.74, 6) is 0. The molecule has 4 rings (SSSR count). The molecule has 0 saturated heterocycles. The van der Waals surface area contributed by atoms with E-state index in [4.69, 9.17) is 0 Å². The molecule has 0 bridgehead atoms. The number of nitrogens with zero attached hydrogens (tertiary/aromatic N) is 2. The monoisotopic (exact) mass is 387 g/mol. The maximum absolute atomic E-state index is 4.58. The van der Waals surface area contributed by atoms with Gasteiger partial charge in [-0.15, -0.1) is 0 Å². The van der Waals surface area contributed by atoms with E-state index in [1.165, 1.54) is 58.5 Å². The molecule has 152 valence electrons. The number of aryl methyl sites for hydroxylation is 2. The van der Waals surface area contributed by atoms with Crippen LogP contribution in [0, 0.1) is 6.92 Å². The number of allylic oxidation sites excluding steroid dienone is 3. The molecule has 3 nitrogen and oxygen atoms in total. The quantitative estimate of drug-likeness (QED) is 0.557. The molecule has 1 N–H and O–H groups in total. The van der Waals surface area contributed by atoms with Crippen molar-refractivity contribution in [3.63, 3.8) is 0 Å². The fourth-order valence-corrected chi connectivity index (χ4v) is 4.65. The molecule has 3 heteroatoms. The van der Waals surface area contributed by atoms with E-state index < -0.39 is 0 Å². The lowest BCUT2D eigenvalue weighted by atomic mass is 9.90. The van der Waals surface area contributed by atoms with Crippen molar-refractivity contribution >= 4 is 11.3 Å². The van der Waals surface area contributed by atoms with Gasteiger partial charge < -0.3 is 4.90 Å². The number of aromatic nitrogens is 2. The molecule has 29 heavy (non-hydrogen) atoms. The fraction of sp³-hybridized carbons (Fsp3) is 0.423. The van der Waals surface area contributed by atoms with E-state index in [9.17, 15) is 0 Å². The van der Waals surface area contributed by atoms with Crippen molar-refractivity contribution in [2.24, 2.45) is 0 Å². The number of fused-ring (bicyclic) bond motifs is 1. The normalized spacial score (nSPS) is 19.0. The lowest BCUT2D eigenvalue weighted by molar-refractivity contribution is 0.259. The molecule has 1 atom stereocenters. The van der Waals surface area contributed by atoms with Crippen molar-refractivity contribution < 1.29 is 0 Å². The second-order valence-corrected chi connectivity index (χ2v) is 8.54. The van der Waals surface area contributed by atoms with Crippen molar-refractivity contribution in [1.82, 2.24) is 15.1 Å². The Morgan fingerprint density at radius 2 is 2.10 bits per heavy atom. The Hall–Kier alpha value is -2.55. The van der Waals surface area contributed by atoms with Crippen LogP contribution in [0.1, 0.15) is 67.0 Å². The van der Waals surface area contributed by atoms with Crippen LogP contribution in [0.15, 0.2) is 49.7 Å². The summed E-state index contributed by atoms with van der Waals surface area (Å²) in [7, 11) is 0. The fourth-order valence-electron chi connectivity index (χ4n) is 4.65. The van der Waals surface area contributed by atoms with Crippen LogP contribution in [-0.4, -0.2) is 27.2 Å². The van der Waals surface area contributed by atoms with Gasteiger partial charge in [0.25, 0.3) is 0 Å². The zero-order valence-corrected chi connectivity index (χ0v) is 17.9. The summed E-state index contributed by atoms with van der Waals surface area (Å²) in [5, 5.41) is 7.42. The first-order valence-corrected chi connectivity index (χ1v) is 11.0. The molecule has 0 radical (unpaired) electrons. The highest BCUT2D eigenvalue weighted by Gasteiger charge is 2.37. The summed E-state index contributed by atoms with van der Waals surface area (Å²) in [6.07, 6.45) is 14.4. The number of aromatic amines is 1. The van der Waals surface area contributed by atoms with Gasteiger partial charge in [0.2, 0.25) is 0 Å². The number of benzene rings is 1. The molecule has 1 unspecified atom stereocenters. The van der Waals surface area contributed by atoms with Crippen LogP contribution in [0.5, 0.6) is 0 Å². The molecular weight excluding hydrogens is 354 g/mol. The van der Waals surface area contributed by atoms with E-state index in [0.29, 0.717) is 12.1 Å². The summed E-state index contributed by atoms with van der Waals surface area (Å²) in [6, 6.07) is 7.96. The number of rotatable bonds is 8. The van der Waals surface area contributed by atoms with Crippen LogP contribution in [0.4, 0.5) is 0 Å². The van der Waals surface area contributed by atoms with Gasteiger partial charge in [0, 0.05) is 29.0 Å². The molecule has 1 saturated carbocycles. The second-order valence-electron chi connectivity index (χ2n) is 8.54. The minimum Gasteiger partial charge on any atom is -0.365 e. The lowest BCUT2D eigenvalue weighted by Crippen LogP contribution is -2.39. The first-order valence-electron chi connectivity index (χ1n) is 11.0. The van der Waals surface area contributed by atoms with Crippen molar-refractivity contribution in [3.8, 4) is 0 Å². The third kappa shape index (κ3) is 4.10. The second kappa shape index (κ2) is 8.44. The van der Waals surface area contributed by atoms with E-state index in [-0.39, 0.29) is 0 Å². The Morgan fingerprint density at radius 3 is 2.79 bits per heavy atom. The molecule has 1 aromatic heterocycles. The molecule has 1 fully saturated rings. The summed E-state index contributed by atoms with van der Waals surface area (Å²) >= 11 is 0. The van der Waals surface area contributed by atoms with Gasteiger partial charge in [-0.2, -0.15) is 5.10 Å². The molecule has 0 spiro atoms. The zero-order chi connectivity index (χ0) is 20.4. The third-order valence-electron chi connectivity index (χ3n) is 6.38. The van der Waals surface area contributed by atoms with Gasteiger partial charge in [-0.3, -0.25) is 5.10 Å².